The molecule has 1 nitrogen and oxygen atoms in total. The van der Waals surface area contributed by atoms with Crippen LogP contribution in [0.3, 0.4) is 0 Å². The molecule has 1 aromatic rings. The molecule has 1 unspecified atom stereocenters. The molecule has 0 heterocycles. The monoisotopic (exact) mass is 234 g/mol. The van der Waals surface area contributed by atoms with Crippen LogP contribution >= 0.6 is 11.8 Å². The smallest absolute Gasteiger partial charge is 0.142 e. The zero-order chi connectivity index (χ0) is 11.6. The zero-order valence-corrected chi connectivity index (χ0v) is 10.5. The predicted octanol–water partition coefficient (Wildman–Crippen LogP) is 4.09. The predicted molar refractivity (Wildman–Crippen MR) is 70.8 cm³/mol. The van der Waals surface area contributed by atoms with Crippen molar-refractivity contribution in [3.05, 3.63) is 42.5 Å². The van der Waals surface area contributed by atoms with Gasteiger partial charge < -0.3 is 0 Å². The maximum Gasteiger partial charge on any atom is 0.142 e. The van der Waals surface area contributed by atoms with Crippen LogP contribution in [-0.2, 0) is 4.79 Å². The van der Waals surface area contributed by atoms with Gasteiger partial charge in [-0.3, -0.25) is 4.79 Å². The Hall–Kier alpha value is -1.02. The second-order valence-electron chi connectivity index (χ2n) is 3.63. The minimum absolute atomic E-state index is 0.410. The molecule has 0 saturated heterocycles. The third kappa shape index (κ3) is 5.17. The number of hydrogen-bond donors (Lipinski definition) is 0. The number of rotatable bonds is 7. The molecule has 0 spiro atoms. The van der Waals surface area contributed by atoms with Crippen molar-refractivity contribution >= 4 is 18.0 Å². The SMILES string of the molecule is CCCCC(/C=C/C=O)Sc1ccccc1. The first-order chi connectivity index (χ1) is 7.86. The molecule has 0 fully saturated rings. The van der Waals surface area contributed by atoms with Crippen molar-refractivity contribution in [2.24, 2.45) is 0 Å². The van der Waals surface area contributed by atoms with Crippen LogP contribution in [0.15, 0.2) is 47.4 Å². The van der Waals surface area contributed by atoms with E-state index in [1.165, 1.54) is 17.7 Å². The summed E-state index contributed by atoms with van der Waals surface area (Å²) in [7, 11) is 0. The van der Waals surface area contributed by atoms with E-state index in [1.54, 1.807) is 6.08 Å². The Kier molecular flexibility index (Phi) is 6.66. The topological polar surface area (TPSA) is 17.1 Å². The molecule has 0 radical (unpaired) electrons. The molecular weight excluding hydrogens is 216 g/mol. The first kappa shape index (κ1) is 13.0. The van der Waals surface area contributed by atoms with E-state index in [2.05, 4.69) is 19.1 Å². The summed E-state index contributed by atoms with van der Waals surface area (Å²) in [5.74, 6) is 0. The molecular formula is C14H18OS. The van der Waals surface area contributed by atoms with Crippen molar-refractivity contribution in [3.8, 4) is 0 Å². The molecule has 0 N–H and O–H groups in total. The molecule has 0 aromatic heterocycles. The van der Waals surface area contributed by atoms with Gasteiger partial charge in [0.25, 0.3) is 0 Å². The maximum absolute atomic E-state index is 10.3. The normalized spacial score (nSPS) is 12.8. The highest BCUT2D eigenvalue weighted by Gasteiger charge is 2.05. The van der Waals surface area contributed by atoms with E-state index in [4.69, 9.17) is 0 Å². The number of unbranched alkanes of at least 4 members (excludes halogenated alkanes) is 1. The Morgan fingerprint density at radius 2 is 2.06 bits per heavy atom. The number of benzene rings is 1. The van der Waals surface area contributed by atoms with Crippen molar-refractivity contribution in [1.29, 1.82) is 0 Å². The van der Waals surface area contributed by atoms with Gasteiger partial charge in [-0.1, -0.05) is 44.0 Å². The average Bonchev–Trinajstić information content (AvgIpc) is 2.34. The Labute approximate surface area is 102 Å². The van der Waals surface area contributed by atoms with E-state index in [0.717, 1.165) is 12.7 Å². The molecule has 0 aliphatic heterocycles. The molecule has 16 heavy (non-hydrogen) atoms. The van der Waals surface area contributed by atoms with Crippen molar-refractivity contribution in [1.82, 2.24) is 0 Å². The number of allylic oxidation sites excluding steroid dienone is 1. The maximum atomic E-state index is 10.3. The van der Waals surface area contributed by atoms with Gasteiger partial charge in [0.2, 0.25) is 0 Å². The molecule has 2 heteroatoms. The Balaban J connectivity index is 2.55. The fourth-order valence-corrected chi connectivity index (χ4v) is 2.56. The highest BCUT2D eigenvalue weighted by Crippen LogP contribution is 2.27. The summed E-state index contributed by atoms with van der Waals surface area (Å²) in [6.45, 7) is 2.19. The fourth-order valence-electron chi connectivity index (χ4n) is 1.44. The van der Waals surface area contributed by atoms with Gasteiger partial charge in [0.05, 0.1) is 0 Å². The van der Waals surface area contributed by atoms with Crippen LogP contribution in [0, 0.1) is 0 Å². The van der Waals surface area contributed by atoms with Crippen molar-refractivity contribution < 1.29 is 4.79 Å². The summed E-state index contributed by atoms with van der Waals surface area (Å²) >= 11 is 1.82. The molecule has 86 valence electrons. The van der Waals surface area contributed by atoms with E-state index >= 15 is 0 Å². The van der Waals surface area contributed by atoms with E-state index < -0.39 is 0 Å². The fraction of sp³-hybridized carbons (Fsp3) is 0.357. The summed E-state index contributed by atoms with van der Waals surface area (Å²) in [6.07, 6.45) is 7.98. The third-order valence-electron chi connectivity index (χ3n) is 2.28. The lowest BCUT2D eigenvalue weighted by Gasteiger charge is -2.11. The molecule has 0 aliphatic carbocycles. The van der Waals surface area contributed by atoms with E-state index in [-0.39, 0.29) is 0 Å². The molecule has 0 amide bonds. The molecule has 0 bridgehead atoms. The Morgan fingerprint density at radius 3 is 2.69 bits per heavy atom. The first-order valence-electron chi connectivity index (χ1n) is 5.70. The van der Waals surface area contributed by atoms with Gasteiger partial charge in [-0.05, 0) is 24.6 Å². The summed E-state index contributed by atoms with van der Waals surface area (Å²) in [5, 5.41) is 0.410. The van der Waals surface area contributed by atoms with Gasteiger partial charge in [0.1, 0.15) is 6.29 Å². The molecule has 1 rings (SSSR count). The van der Waals surface area contributed by atoms with Crippen LogP contribution in [0.2, 0.25) is 0 Å². The lowest BCUT2D eigenvalue weighted by Crippen LogP contribution is -1.98. The highest BCUT2D eigenvalue weighted by atomic mass is 32.2. The van der Waals surface area contributed by atoms with Crippen molar-refractivity contribution in [2.45, 2.75) is 36.3 Å². The van der Waals surface area contributed by atoms with E-state index in [9.17, 15) is 4.79 Å². The van der Waals surface area contributed by atoms with Crippen LogP contribution in [-0.4, -0.2) is 11.5 Å². The van der Waals surface area contributed by atoms with Crippen LogP contribution in [0.1, 0.15) is 26.2 Å². The second kappa shape index (κ2) is 8.17. The highest BCUT2D eigenvalue weighted by molar-refractivity contribution is 8.00. The largest absolute Gasteiger partial charge is 0.299 e. The molecule has 0 aliphatic rings. The average molecular weight is 234 g/mol. The van der Waals surface area contributed by atoms with Crippen LogP contribution < -0.4 is 0 Å². The number of carbonyl (C=O) groups is 1. The van der Waals surface area contributed by atoms with Gasteiger partial charge in [0.15, 0.2) is 0 Å². The third-order valence-corrected chi connectivity index (χ3v) is 3.52. The number of carbonyl (C=O) groups excluding carboxylic acids is 1. The minimum atomic E-state index is 0.410. The van der Waals surface area contributed by atoms with Crippen LogP contribution in [0.25, 0.3) is 0 Å². The molecule has 1 atom stereocenters. The summed E-state index contributed by atoms with van der Waals surface area (Å²) < 4.78 is 0. The lowest BCUT2D eigenvalue weighted by atomic mass is 10.2. The van der Waals surface area contributed by atoms with Crippen LogP contribution in [0.4, 0.5) is 0 Å². The minimum Gasteiger partial charge on any atom is -0.299 e. The van der Waals surface area contributed by atoms with Gasteiger partial charge in [-0.15, -0.1) is 11.8 Å². The number of aldehydes is 1. The van der Waals surface area contributed by atoms with Crippen LogP contribution in [0.5, 0.6) is 0 Å². The number of thioether (sulfide) groups is 1. The molecule has 0 saturated carbocycles. The van der Waals surface area contributed by atoms with E-state index in [0.29, 0.717) is 5.25 Å². The van der Waals surface area contributed by atoms with Gasteiger partial charge >= 0.3 is 0 Å². The Bertz CT molecular complexity index is 319. The summed E-state index contributed by atoms with van der Waals surface area (Å²) in [5.41, 5.74) is 0. The van der Waals surface area contributed by atoms with Gasteiger partial charge in [-0.2, -0.15) is 0 Å². The summed E-state index contributed by atoms with van der Waals surface area (Å²) in [4.78, 5) is 11.6. The quantitative estimate of drug-likeness (QED) is 0.401. The summed E-state index contributed by atoms with van der Waals surface area (Å²) in [6, 6.07) is 10.3. The van der Waals surface area contributed by atoms with E-state index in [1.807, 2.05) is 36.0 Å². The zero-order valence-electron chi connectivity index (χ0n) is 9.63. The van der Waals surface area contributed by atoms with Gasteiger partial charge in [-0.25, -0.2) is 0 Å². The van der Waals surface area contributed by atoms with Crippen molar-refractivity contribution in [3.63, 3.8) is 0 Å². The first-order valence-corrected chi connectivity index (χ1v) is 6.58. The van der Waals surface area contributed by atoms with Crippen molar-refractivity contribution in [2.75, 3.05) is 0 Å². The number of hydrogen-bond acceptors (Lipinski definition) is 2. The Morgan fingerprint density at radius 1 is 1.31 bits per heavy atom. The lowest BCUT2D eigenvalue weighted by molar-refractivity contribution is -0.104. The second-order valence-corrected chi connectivity index (χ2v) is 4.95. The standard InChI is InChI=1S/C14H18OS/c1-2-3-8-13(11-7-12-15)16-14-9-5-4-6-10-14/h4-7,9-13H,2-3,8H2,1H3/b11-7+. The van der Waals surface area contributed by atoms with Gasteiger partial charge in [0, 0.05) is 10.1 Å². The molecule has 1 aromatic carbocycles.